The van der Waals surface area contributed by atoms with E-state index in [4.69, 9.17) is 9.26 Å². The number of alkyl halides is 1. The molecule has 0 spiro atoms. The van der Waals surface area contributed by atoms with E-state index in [1.807, 2.05) is 40.7 Å². The molecule has 5 nitrogen and oxygen atoms in total. The Morgan fingerprint density at radius 1 is 1.42 bits per heavy atom. The standard InChI is InChI=1S/C13H21BrN2O3/c1-12(2,3)18-11(17)16(6)13(4,5)10-7-9(8-14)19-15-10/h7H,8H2,1-6H3. The minimum Gasteiger partial charge on any atom is -0.444 e. The third kappa shape index (κ3) is 3.96. The molecule has 0 atom stereocenters. The quantitative estimate of drug-likeness (QED) is 0.792. The minimum absolute atomic E-state index is 0.388. The Morgan fingerprint density at radius 3 is 2.42 bits per heavy atom. The summed E-state index contributed by atoms with van der Waals surface area (Å²) in [4.78, 5) is 13.6. The topological polar surface area (TPSA) is 55.6 Å². The van der Waals surface area contributed by atoms with Crippen molar-refractivity contribution in [3.05, 3.63) is 17.5 Å². The molecule has 0 saturated heterocycles. The van der Waals surface area contributed by atoms with Gasteiger partial charge in [0.05, 0.1) is 10.9 Å². The Kier molecular flexibility index (Phi) is 4.66. The first-order chi connectivity index (χ1) is 8.58. The van der Waals surface area contributed by atoms with Gasteiger partial charge in [0.25, 0.3) is 0 Å². The minimum atomic E-state index is -0.605. The van der Waals surface area contributed by atoms with E-state index in [1.54, 1.807) is 7.05 Å². The van der Waals surface area contributed by atoms with Gasteiger partial charge in [0.1, 0.15) is 17.1 Å². The summed E-state index contributed by atoms with van der Waals surface area (Å²) in [6, 6.07) is 1.83. The van der Waals surface area contributed by atoms with Crippen LogP contribution in [0.3, 0.4) is 0 Å². The number of hydrogen-bond acceptors (Lipinski definition) is 4. The van der Waals surface area contributed by atoms with E-state index in [2.05, 4.69) is 21.1 Å². The third-order valence-corrected chi connectivity index (χ3v) is 3.38. The summed E-state index contributed by atoms with van der Waals surface area (Å²) >= 11 is 3.30. The predicted octanol–water partition coefficient (Wildman–Crippen LogP) is 3.67. The van der Waals surface area contributed by atoms with Crippen LogP contribution >= 0.6 is 15.9 Å². The van der Waals surface area contributed by atoms with E-state index >= 15 is 0 Å². The molecule has 0 aromatic carbocycles. The maximum atomic E-state index is 12.1. The van der Waals surface area contributed by atoms with Crippen molar-refractivity contribution in [2.75, 3.05) is 7.05 Å². The van der Waals surface area contributed by atoms with E-state index in [0.717, 1.165) is 5.76 Å². The molecule has 1 rings (SSSR count). The Morgan fingerprint density at radius 2 is 2.00 bits per heavy atom. The number of nitrogens with zero attached hydrogens (tertiary/aromatic N) is 2. The summed E-state index contributed by atoms with van der Waals surface area (Å²) in [5.74, 6) is 0.723. The SMILES string of the molecule is CN(C(=O)OC(C)(C)C)C(C)(C)c1cc(CBr)on1. The normalized spacial score (nSPS) is 12.4. The van der Waals surface area contributed by atoms with Gasteiger partial charge in [-0.3, -0.25) is 0 Å². The molecule has 1 aromatic heterocycles. The summed E-state index contributed by atoms with van der Waals surface area (Å²) in [6.07, 6.45) is -0.388. The second-order valence-electron chi connectivity index (χ2n) is 5.91. The van der Waals surface area contributed by atoms with E-state index in [-0.39, 0.29) is 6.09 Å². The number of amides is 1. The van der Waals surface area contributed by atoms with Gasteiger partial charge >= 0.3 is 6.09 Å². The second kappa shape index (κ2) is 5.53. The molecule has 0 bridgehead atoms. The number of carbonyl (C=O) groups excluding carboxylic acids is 1. The average molecular weight is 333 g/mol. The van der Waals surface area contributed by atoms with E-state index < -0.39 is 11.1 Å². The van der Waals surface area contributed by atoms with Crippen molar-refractivity contribution >= 4 is 22.0 Å². The lowest BCUT2D eigenvalue weighted by molar-refractivity contribution is 0.00927. The van der Waals surface area contributed by atoms with Crippen LogP contribution < -0.4 is 0 Å². The van der Waals surface area contributed by atoms with Gasteiger partial charge in [-0.05, 0) is 34.6 Å². The van der Waals surface area contributed by atoms with Crippen molar-refractivity contribution in [2.24, 2.45) is 0 Å². The van der Waals surface area contributed by atoms with Crippen LogP contribution in [-0.2, 0) is 15.6 Å². The number of halogens is 1. The molecule has 0 N–H and O–H groups in total. The zero-order valence-electron chi connectivity index (χ0n) is 12.3. The van der Waals surface area contributed by atoms with Crippen LogP contribution in [0.2, 0.25) is 0 Å². The van der Waals surface area contributed by atoms with Gasteiger partial charge in [0, 0.05) is 13.1 Å². The Bertz CT molecular complexity index is 449. The fraction of sp³-hybridized carbons (Fsp3) is 0.692. The van der Waals surface area contributed by atoms with Crippen molar-refractivity contribution in [1.29, 1.82) is 0 Å². The lowest BCUT2D eigenvalue weighted by Crippen LogP contribution is -2.45. The molecule has 1 heterocycles. The largest absolute Gasteiger partial charge is 0.444 e. The Balaban J connectivity index is 2.89. The molecule has 6 heteroatoms. The van der Waals surface area contributed by atoms with Crippen LogP contribution in [0.15, 0.2) is 10.6 Å². The highest BCUT2D eigenvalue weighted by molar-refractivity contribution is 9.08. The fourth-order valence-corrected chi connectivity index (χ4v) is 1.66. The molecule has 1 aromatic rings. The summed E-state index contributed by atoms with van der Waals surface area (Å²) in [7, 11) is 1.69. The first-order valence-corrected chi connectivity index (χ1v) is 7.19. The van der Waals surface area contributed by atoms with Gasteiger partial charge in [0.15, 0.2) is 0 Å². The molecule has 1 amide bonds. The van der Waals surface area contributed by atoms with Crippen molar-refractivity contribution in [1.82, 2.24) is 10.1 Å². The van der Waals surface area contributed by atoms with Gasteiger partial charge in [-0.15, -0.1) is 0 Å². The molecule has 0 unspecified atom stereocenters. The number of carbonyl (C=O) groups is 1. The molecule has 0 aliphatic carbocycles. The smallest absolute Gasteiger partial charge is 0.410 e. The average Bonchev–Trinajstić information content (AvgIpc) is 2.74. The summed E-state index contributed by atoms with van der Waals surface area (Å²) in [5.41, 5.74) is -0.436. The fourth-order valence-electron chi connectivity index (χ4n) is 1.39. The van der Waals surface area contributed by atoms with Crippen LogP contribution in [0.25, 0.3) is 0 Å². The molecular formula is C13H21BrN2O3. The molecule has 0 radical (unpaired) electrons. The highest BCUT2D eigenvalue weighted by atomic mass is 79.9. The zero-order chi connectivity index (χ0) is 14.8. The van der Waals surface area contributed by atoms with E-state index in [9.17, 15) is 4.79 Å². The lowest BCUT2D eigenvalue weighted by Gasteiger charge is -2.35. The molecular weight excluding hydrogens is 312 g/mol. The summed E-state index contributed by atoms with van der Waals surface area (Å²) < 4.78 is 10.5. The Hall–Kier alpha value is -1.04. The zero-order valence-corrected chi connectivity index (χ0v) is 13.9. The molecule has 0 saturated carbocycles. The molecule has 0 fully saturated rings. The number of rotatable bonds is 3. The van der Waals surface area contributed by atoms with Crippen LogP contribution in [0.5, 0.6) is 0 Å². The Labute approximate surface area is 122 Å². The predicted molar refractivity (Wildman–Crippen MR) is 76.2 cm³/mol. The van der Waals surface area contributed by atoms with Crippen LogP contribution in [0, 0.1) is 0 Å². The van der Waals surface area contributed by atoms with Gasteiger partial charge in [0.2, 0.25) is 0 Å². The monoisotopic (exact) mass is 332 g/mol. The van der Waals surface area contributed by atoms with Gasteiger partial charge in [-0.2, -0.15) is 0 Å². The first kappa shape index (κ1) is 16.0. The third-order valence-electron chi connectivity index (χ3n) is 2.82. The maximum Gasteiger partial charge on any atom is 0.410 e. The molecule has 0 aliphatic rings. The van der Waals surface area contributed by atoms with Crippen molar-refractivity contribution in [3.63, 3.8) is 0 Å². The van der Waals surface area contributed by atoms with E-state index in [0.29, 0.717) is 11.0 Å². The maximum absolute atomic E-state index is 12.1. The lowest BCUT2D eigenvalue weighted by atomic mass is 9.99. The van der Waals surface area contributed by atoms with Crippen LogP contribution in [0.4, 0.5) is 4.79 Å². The number of hydrogen-bond donors (Lipinski definition) is 0. The molecule has 108 valence electrons. The van der Waals surface area contributed by atoms with Crippen molar-refractivity contribution in [2.45, 2.75) is 51.1 Å². The van der Waals surface area contributed by atoms with Crippen LogP contribution in [0.1, 0.15) is 46.1 Å². The molecule has 19 heavy (non-hydrogen) atoms. The van der Waals surface area contributed by atoms with Crippen LogP contribution in [-0.4, -0.2) is 28.8 Å². The highest BCUT2D eigenvalue weighted by Gasteiger charge is 2.35. The van der Waals surface area contributed by atoms with Crippen molar-refractivity contribution in [3.8, 4) is 0 Å². The summed E-state index contributed by atoms with van der Waals surface area (Å²) in [6.45, 7) is 9.31. The van der Waals surface area contributed by atoms with Crippen molar-refractivity contribution < 1.29 is 14.1 Å². The number of aromatic nitrogens is 1. The van der Waals surface area contributed by atoms with E-state index in [1.165, 1.54) is 4.90 Å². The highest BCUT2D eigenvalue weighted by Crippen LogP contribution is 2.28. The van der Waals surface area contributed by atoms with Gasteiger partial charge in [-0.25, -0.2) is 4.79 Å². The van der Waals surface area contributed by atoms with Gasteiger partial charge in [-0.1, -0.05) is 21.1 Å². The van der Waals surface area contributed by atoms with Gasteiger partial charge < -0.3 is 14.2 Å². The second-order valence-corrected chi connectivity index (χ2v) is 6.47. The molecule has 0 aliphatic heterocycles. The first-order valence-electron chi connectivity index (χ1n) is 6.07. The number of ether oxygens (including phenoxy) is 1. The summed E-state index contributed by atoms with van der Waals surface area (Å²) in [5, 5.41) is 4.59.